The van der Waals surface area contributed by atoms with E-state index in [4.69, 9.17) is 0 Å². The van der Waals surface area contributed by atoms with Gasteiger partial charge in [0, 0.05) is 24.1 Å². The van der Waals surface area contributed by atoms with Gasteiger partial charge >= 0.3 is 0 Å². The molecule has 0 aliphatic heterocycles. The summed E-state index contributed by atoms with van der Waals surface area (Å²) in [6.45, 7) is 3.84. The van der Waals surface area contributed by atoms with E-state index in [0.29, 0.717) is 0 Å². The van der Waals surface area contributed by atoms with Gasteiger partial charge in [0.1, 0.15) is 5.69 Å². The number of para-hydroxylation sites is 1. The number of thioether (sulfide) groups is 1. The molecular formula is C17H19N4O4S-. The molecule has 1 N–H and O–H groups in total. The van der Waals surface area contributed by atoms with E-state index in [9.17, 15) is 19.5 Å². The molecule has 138 valence electrons. The number of carboxylic acids is 1. The largest absolute Gasteiger partial charge is 0.550 e. The Morgan fingerprint density at radius 3 is 2.50 bits per heavy atom. The topological polar surface area (TPSA) is 119 Å². The molecule has 2 aromatic rings. The molecule has 0 aliphatic carbocycles. The van der Waals surface area contributed by atoms with Crippen LogP contribution in [0.5, 0.6) is 0 Å². The fourth-order valence-electron chi connectivity index (χ4n) is 2.31. The van der Waals surface area contributed by atoms with E-state index in [2.05, 4.69) is 15.2 Å². The van der Waals surface area contributed by atoms with E-state index in [-0.39, 0.29) is 41.4 Å². The Bertz CT molecular complexity index is 823. The highest BCUT2D eigenvalue weighted by Gasteiger charge is 2.19. The van der Waals surface area contributed by atoms with Crippen molar-refractivity contribution >= 4 is 29.3 Å². The summed E-state index contributed by atoms with van der Waals surface area (Å²) in [5.41, 5.74) is 0.309. The predicted molar refractivity (Wildman–Crippen MR) is 95.8 cm³/mol. The molecule has 26 heavy (non-hydrogen) atoms. The number of aryl methyl sites for hydroxylation is 1. The summed E-state index contributed by atoms with van der Waals surface area (Å²) in [5.74, 6) is -1.30. The smallest absolute Gasteiger partial charge is 0.273 e. The standard InChI is InChI=1S/C17H20N4O4S/c1-11(2)21(12-6-4-3-5-7-12)14(22)10-26-17-18-16(25)13(19-20-17)8-9-15(23)24/h3-7,11H,8-10H2,1-2H3,(H,23,24)(H,18,20,25)/p-1. The number of hydrogen-bond donors (Lipinski definition) is 1. The number of amides is 1. The van der Waals surface area contributed by atoms with Crippen molar-refractivity contribution in [2.75, 3.05) is 10.7 Å². The summed E-state index contributed by atoms with van der Waals surface area (Å²) in [7, 11) is 0. The molecule has 0 fully saturated rings. The number of carboxylic acid groups (broad SMARTS) is 1. The minimum Gasteiger partial charge on any atom is -0.550 e. The van der Waals surface area contributed by atoms with Crippen LogP contribution in [0.4, 0.5) is 5.69 Å². The van der Waals surface area contributed by atoms with E-state index in [1.165, 1.54) is 0 Å². The molecule has 9 heteroatoms. The molecule has 0 atom stereocenters. The highest BCUT2D eigenvalue weighted by atomic mass is 32.2. The van der Waals surface area contributed by atoms with Crippen LogP contribution in [0.25, 0.3) is 0 Å². The molecule has 1 aromatic heterocycles. The van der Waals surface area contributed by atoms with Crippen LogP contribution in [0.1, 0.15) is 26.0 Å². The maximum absolute atomic E-state index is 12.6. The van der Waals surface area contributed by atoms with Crippen LogP contribution < -0.4 is 15.6 Å². The van der Waals surface area contributed by atoms with Gasteiger partial charge in [-0.3, -0.25) is 14.6 Å². The number of nitrogens with one attached hydrogen (secondary N) is 1. The van der Waals surface area contributed by atoms with Crippen LogP contribution in [-0.2, 0) is 16.0 Å². The van der Waals surface area contributed by atoms with Gasteiger partial charge in [-0.15, -0.1) is 10.2 Å². The van der Waals surface area contributed by atoms with Crippen LogP contribution in [0.2, 0.25) is 0 Å². The van der Waals surface area contributed by atoms with Crippen molar-refractivity contribution in [2.45, 2.75) is 37.9 Å². The highest BCUT2D eigenvalue weighted by molar-refractivity contribution is 7.99. The molecule has 8 nitrogen and oxygen atoms in total. The van der Waals surface area contributed by atoms with Gasteiger partial charge in [-0.2, -0.15) is 0 Å². The second-order valence-electron chi connectivity index (χ2n) is 5.76. The van der Waals surface area contributed by atoms with Crippen molar-refractivity contribution in [1.82, 2.24) is 15.2 Å². The number of H-pyrrole nitrogens is 1. The monoisotopic (exact) mass is 375 g/mol. The third-order valence-electron chi connectivity index (χ3n) is 3.46. The molecule has 2 rings (SSSR count). The van der Waals surface area contributed by atoms with E-state index >= 15 is 0 Å². The van der Waals surface area contributed by atoms with E-state index in [1.54, 1.807) is 4.90 Å². The summed E-state index contributed by atoms with van der Waals surface area (Å²) >= 11 is 1.07. The van der Waals surface area contributed by atoms with Crippen LogP contribution in [0.15, 0.2) is 40.3 Å². The lowest BCUT2D eigenvalue weighted by atomic mass is 10.2. The van der Waals surface area contributed by atoms with Gasteiger partial charge in [0.15, 0.2) is 5.16 Å². The maximum atomic E-state index is 12.6. The Hall–Kier alpha value is -2.68. The summed E-state index contributed by atoms with van der Waals surface area (Å²) in [6, 6.07) is 9.29. The van der Waals surface area contributed by atoms with Gasteiger partial charge in [-0.25, -0.2) is 0 Å². The first kappa shape index (κ1) is 19.6. The zero-order valence-electron chi connectivity index (χ0n) is 14.5. The first-order valence-electron chi connectivity index (χ1n) is 8.04. The second kappa shape index (κ2) is 9.14. The highest BCUT2D eigenvalue weighted by Crippen LogP contribution is 2.19. The van der Waals surface area contributed by atoms with E-state index in [0.717, 1.165) is 17.4 Å². The number of carbonyl (C=O) groups is 2. The van der Waals surface area contributed by atoms with Crippen molar-refractivity contribution in [1.29, 1.82) is 0 Å². The summed E-state index contributed by atoms with van der Waals surface area (Å²) in [4.78, 5) is 39.1. The average Bonchev–Trinajstić information content (AvgIpc) is 2.59. The second-order valence-corrected chi connectivity index (χ2v) is 6.72. The number of anilines is 1. The average molecular weight is 375 g/mol. The van der Waals surface area contributed by atoms with Crippen molar-refractivity contribution < 1.29 is 14.7 Å². The lowest BCUT2D eigenvalue weighted by molar-refractivity contribution is -0.305. The molecule has 0 unspecified atom stereocenters. The molecule has 0 spiro atoms. The quantitative estimate of drug-likeness (QED) is 0.663. The molecule has 1 amide bonds. The van der Waals surface area contributed by atoms with Gasteiger partial charge in [-0.05, 0) is 32.4 Å². The minimum atomic E-state index is -1.26. The van der Waals surface area contributed by atoms with Crippen molar-refractivity contribution in [2.24, 2.45) is 0 Å². The third-order valence-corrected chi connectivity index (χ3v) is 4.31. The molecular weight excluding hydrogens is 356 g/mol. The van der Waals surface area contributed by atoms with Crippen LogP contribution in [0, 0.1) is 0 Å². The molecule has 0 saturated heterocycles. The Morgan fingerprint density at radius 2 is 1.92 bits per heavy atom. The maximum Gasteiger partial charge on any atom is 0.273 e. The number of benzene rings is 1. The molecule has 1 heterocycles. The SMILES string of the molecule is CC(C)N(C(=O)CSc1nnc(CCC(=O)[O-])c(=O)[nH]1)c1ccccc1. The Kier molecular flexibility index (Phi) is 6.90. The zero-order chi connectivity index (χ0) is 19.1. The Morgan fingerprint density at radius 1 is 1.23 bits per heavy atom. The van der Waals surface area contributed by atoms with Gasteiger partial charge < -0.3 is 14.8 Å². The molecule has 0 bridgehead atoms. The van der Waals surface area contributed by atoms with Crippen LogP contribution in [0.3, 0.4) is 0 Å². The Labute approximate surface area is 154 Å². The van der Waals surface area contributed by atoms with Crippen molar-refractivity contribution in [3.8, 4) is 0 Å². The molecule has 0 radical (unpaired) electrons. The number of aromatic amines is 1. The predicted octanol–water partition coefficient (Wildman–Crippen LogP) is 0.381. The number of aliphatic carboxylic acids is 1. The lowest BCUT2D eigenvalue weighted by Gasteiger charge is -2.26. The summed E-state index contributed by atoms with van der Waals surface area (Å²) < 4.78 is 0. The summed E-state index contributed by atoms with van der Waals surface area (Å²) in [6.07, 6.45) is -0.354. The third kappa shape index (κ3) is 5.41. The van der Waals surface area contributed by atoms with Gasteiger partial charge in [-0.1, -0.05) is 30.0 Å². The van der Waals surface area contributed by atoms with Crippen molar-refractivity contribution in [3.63, 3.8) is 0 Å². The lowest BCUT2D eigenvalue weighted by Crippen LogP contribution is -2.38. The first-order valence-corrected chi connectivity index (χ1v) is 9.02. The van der Waals surface area contributed by atoms with E-state index < -0.39 is 11.5 Å². The Balaban J connectivity index is 2.03. The zero-order valence-corrected chi connectivity index (χ0v) is 15.3. The fraction of sp³-hybridized carbons (Fsp3) is 0.353. The number of aromatic nitrogens is 3. The number of rotatable bonds is 8. The van der Waals surface area contributed by atoms with Gasteiger partial charge in [0.2, 0.25) is 5.91 Å². The molecule has 0 saturated carbocycles. The fourth-order valence-corrected chi connectivity index (χ4v) is 2.98. The van der Waals surface area contributed by atoms with E-state index in [1.807, 2.05) is 44.2 Å². The molecule has 0 aliphatic rings. The van der Waals surface area contributed by atoms with Gasteiger partial charge in [0.05, 0.1) is 5.75 Å². The summed E-state index contributed by atoms with van der Waals surface area (Å²) in [5, 5.41) is 18.2. The minimum absolute atomic E-state index is 0.0253. The normalized spacial score (nSPS) is 10.7. The number of nitrogens with zero attached hydrogens (tertiary/aromatic N) is 3. The van der Waals surface area contributed by atoms with Crippen LogP contribution in [-0.4, -0.2) is 38.9 Å². The van der Waals surface area contributed by atoms with Crippen LogP contribution >= 0.6 is 11.8 Å². The van der Waals surface area contributed by atoms with Gasteiger partial charge in [0.25, 0.3) is 5.56 Å². The van der Waals surface area contributed by atoms with Crippen molar-refractivity contribution in [3.05, 3.63) is 46.4 Å². The number of carbonyl (C=O) groups excluding carboxylic acids is 2. The number of hydrogen-bond acceptors (Lipinski definition) is 7. The molecule has 1 aromatic carbocycles. The first-order chi connectivity index (χ1) is 12.4.